The highest BCUT2D eigenvalue weighted by atomic mass is 32.2. The second-order valence-electron chi connectivity index (χ2n) is 5.77. The highest BCUT2D eigenvalue weighted by molar-refractivity contribution is 7.99. The van der Waals surface area contributed by atoms with Crippen molar-refractivity contribution in [2.45, 2.75) is 12.3 Å². The van der Waals surface area contributed by atoms with Crippen LogP contribution >= 0.6 is 11.8 Å². The first kappa shape index (κ1) is 17.5. The maximum atomic E-state index is 12.8. The van der Waals surface area contributed by atoms with Crippen molar-refractivity contribution in [1.29, 1.82) is 0 Å². The van der Waals surface area contributed by atoms with Crippen molar-refractivity contribution in [3.05, 3.63) is 53.6 Å². The summed E-state index contributed by atoms with van der Waals surface area (Å²) in [7, 11) is 3.28. The third-order valence-corrected chi connectivity index (χ3v) is 5.48. The molecule has 0 spiro atoms. The number of amides is 2. The van der Waals surface area contributed by atoms with E-state index in [0.29, 0.717) is 6.54 Å². The Morgan fingerprint density at radius 3 is 2.72 bits per heavy atom. The number of methoxy groups -OCH3 is 2. The minimum Gasteiger partial charge on any atom is -0.497 e. The molecule has 25 heavy (non-hydrogen) atoms. The van der Waals surface area contributed by atoms with Gasteiger partial charge in [-0.25, -0.2) is 4.79 Å². The summed E-state index contributed by atoms with van der Waals surface area (Å²) in [5.74, 6) is 2.39. The van der Waals surface area contributed by atoms with E-state index in [1.54, 1.807) is 26.0 Å². The van der Waals surface area contributed by atoms with E-state index in [4.69, 9.17) is 9.47 Å². The highest BCUT2D eigenvalue weighted by Gasteiger charge is 2.33. The molecule has 2 aromatic carbocycles. The summed E-state index contributed by atoms with van der Waals surface area (Å²) in [5, 5.41) is 2.92. The first-order valence-electron chi connectivity index (χ1n) is 8.11. The van der Waals surface area contributed by atoms with Crippen LogP contribution in [0.25, 0.3) is 0 Å². The van der Waals surface area contributed by atoms with Crippen molar-refractivity contribution in [2.24, 2.45) is 0 Å². The molecule has 5 nitrogen and oxygen atoms in total. The SMILES string of the molecule is COc1ccc(OC)c([C@@H]2SCCN2C(=O)Nc2ccccc2C)c1. The third kappa shape index (κ3) is 3.69. The molecule has 1 saturated heterocycles. The van der Waals surface area contributed by atoms with Crippen LogP contribution in [0.2, 0.25) is 0 Å². The molecule has 1 N–H and O–H groups in total. The van der Waals surface area contributed by atoms with Crippen molar-refractivity contribution >= 4 is 23.5 Å². The van der Waals surface area contributed by atoms with Gasteiger partial charge >= 0.3 is 6.03 Å². The van der Waals surface area contributed by atoms with Gasteiger partial charge < -0.3 is 19.7 Å². The van der Waals surface area contributed by atoms with E-state index in [2.05, 4.69) is 5.32 Å². The number of nitrogens with one attached hydrogen (secondary N) is 1. The van der Waals surface area contributed by atoms with Gasteiger partial charge in [0.1, 0.15) is 16.9 Å². The molecule has 1 atom stereocenters. The second-order valence-corrected chi connectivity index (χ2v) is 6.96. The number of anilines is 1. The third-order valence-electron chi connectivity index (χ3n) is 4.24. The number of benzene rings is 2. The van der Waals surface area contributed by atoms with E-state index in [1.165, 1.54) is 0 Å². The van der Waals surface area contributed by atoms with Crippen molar-refractivity contribution in [3.63, 3.8) is 0 Å². The number of hydrogen-bond donors (Lipinski definition) is 1. The summed E-state index contributed by atoms with van der Waals surface area (Å²) in [4.78, 5) is 14.7. The predicted octanol–water partition coefficient (Wildman–Crippen LogP) is 4.29. The van der Waals surface area contributed by atoms with Crippen LogP contribution in [-0.4, -0.2) is 37.4 Å². The number of hydrogen-bond acceptors (Lipinski definition) is 4. The Bertz CT molecular complexity index is 766. The zero-order chi connectivity index (χ0) is 17.8. The summed E-state index contributed by atoms with van der Waals surface area (Å²) in [6.45, 7) is 2.67. The van der Waals surface area contributed by atoms with Crippen molar-refractivity contribution < 1.29 is 14.3 Å². The van der Waals surface area contributed by atoms with Gasteiger partial charge in [0.15, 0.2) is 0 Å². The van der Waals surface area contributed by atoms with E-state index < -0.39 is 0 Å². The van der Waals surface area contributed by atoms with Crippen molar-refractivity contribution in [2.75, 3.05) is 31.8 Å². The Hall–Kier alpha value is -2.34. The minimum absolute atomic E-state index is 0.103. The molecule has 2 amide bonds. The maximum absolute atomic E-state index is 12.8. The molecule has 0 aromatic heterocycles. The molecule has 1 aliphatic heterocycles. The Labute approximate surface area is 152 Å². The van der Waals surface area contributed by atoms with E-state index in [0.717, 1.165) is 34.1 Å². The molecule has 0 unspecified atom stereocenters. The summed E-state index contributed by atoms with van der Waals surface area (Å²) in [6, 6.07) is 13.4. The molecule has 1 heterocycles. The molecule has 0 radical (unpaired) electrons. The van der Waals surface area contributed by atoms with Crippen LogP contribution in [0.4, 0.5) is 10.5 Å². The fourth-order valence-electron chi connectivity index (χ4n) is 2.87. The summed E-state index contributed by atoms with van der Waals surface area (Å²) < 4.78 is 10.8. The number of urea groups is 1. The minimum atomic E-state index is -0.103. The monoisotopic (exact) mass is 358 g/mol. The molecule has 1 fully saturated rings. The molecule has 0 aliphatic carbocycles. The summed E-state index contributed by atoms with van der Waals surface area (Å²) >= 11 is 1.72. The lowest BCUT2D eigenvalue weighted by atomic mass is 10.1. The van der Waals surface area contributed by atoms with Crippen LogP contribution in [0, 0.1) is 6.92 Å². The number of thioether (sulfide) groups is 1. The van der Waals surface area contributed by atoms with Crippen LogP contribution in [0.3, 0.4) is 0 Å². The Morgan fingerprint density at radius 1 is 1.20 bits per heavy atom. The number of carbonyl (C=O) groups is 1. The van der Waals surface area contributed by atoms with Gasteiger partial charge in [0, 0.05) is 23.5 Å². The zero-order valence-corrected chi connectivity index (χ0v) is 15.4. The van der Waals surface area contributed by atoms with Gasteiger partial charge in [-0.1, -0.05) is 18.2 Å². The average molecular weight is 358 g/mol. The number of para-hydroxylation sites is 1. The quantitative estimate of drug-likeness (QED) is 0.886. The lowest BCUT2D eigenvalue weighted by molar-refractivity contribution is 0.213. The highest BCUT2D eigenvalue weighted by Crippen LogP contribution is 2.43. The lowest BCUT2D eigenvalue weighted by Gasteiger charge is -2.26. The Morgan fingerprint density at radius 2 is 2.00 bits per heavy atom. The fourth-order valence-corrected chi connectivity index (χ4v) is 4.14. The smallest absolute Gasteiger partial charge is 0.323 e. The van der Waals surface area contributed by atoms with Gasteiger partial charge in [-0.15, -0.1) is 11.8 Å². The standard InChI is InChI=1S/C19H22N2O3S/c1-13-6-4-5-7-16(13)20-19(22)21-10-11-25-18(21)15-12-14(23-2)8-9-17(15)24-3/h4-9,12,18H,10-11H2,1-3H3,(H,20,22)/t18-/m0/s1. The van der Waals surface area contributed by atoms with E-state index in [1.807, 2.05) is 54.3 Å². The number of nitrogens with zero attached hydrogens (tertiary/aromatic N) is 1. The molecular formula is C19H22N2O3S. The van der Waals surface area contributed by atoms with Crippen LogP contribution in [0.1, 0.15) is 16.5 Å². The van der Waals surface area contributed by atoms with Gasteiger partial charge in [0.25, 0.3) is 0 Å². The normalized spacial score (nSPS) is 16.6. The second kappa shape index (κ2) is 7.70. The number of carbonyl (C=O) groups excluding carboxylic acids is 1. The average Bonchev–Trinajstić information content (AvgIpc) is 3.12. The first-order chi connectivity index (χ1) is 12.1. The van der Waals surface area contributed by atoms with Gasteiger partial charge in [-0.2, -0.15) is 0 Å². The molecule has 0 bridgehead atoms. The predicted molar refractivity (Wildman–Crippen MR) is 102 cm³/mol. The van der Waals surface area contributed by atoms with Crippen molar-refractivity contribution in [1.82, 2.24) is 4.90 Å². The largest absolute Gasteiger partial charge is 0.497 e. The number of rotatable bonds is 4. The van der Waals surface area contributed by atoms with E-state index >= 15 is 0 Å². The number of aryl methyl sites for hydroxylation is 1. The zero-order valence-electron chi connectivity index (χ0n) is 14.6. The van der Waals surface area contributed by atoms with Crippen LogP contribution in [-0.2, 0) is 0 Å². The molecule has 132 valence electrons. The Balaban J connectivity index is 1.85. The molecule has 0 saturated carbocycles. The van der Waals surface area contributed by atoms with Crippen LogP contribution in [0.5, 0.6) is 11.5 Å². The molecule has 1 aliphatic rings. The van der Waals surface area contributed by atoms with E-state index in [-0.39, 0.29) is 11.4 Å². The molecule has 3 rings (SSSR count). The van der Waals surface area contributed by atoms with Gasteiger partial charge in [-0.3, -0.25) is 0 Å². The maximum Gasteiger partial charge on any atom is 0.323 e. The summed E-state index contributed by atoms with van der Waals surface area (Å²) in [5.41, 5.74) is 2.82. The van der Waals surface area contributed by atoms with Crippen molar-refractivity contribution in [3.8, 4) is 11.5 Å². The first-order valence-corrected chi connectivity index (χ1v) is 9.15. The van der Waals surface area contributed by atoms with Crippen LogP contribution in [0.15, 0.2) is 42.5 Å². The lowest BCUT2D eigenvalue weighted by Crippen LogP contribution is -2.34. The molecule has 2 aromatic rings. The van der Waals surface area contributed by atoms with E-state index in [9.17, 15) is 4.79 Å². The van der Waals surface area contributed by atoms with Gasteiger partial charge in [0.05, 0.1) is 14.2 Å². The Kier molecular flexibility index (Phi) is 5.38. The molecule has 6 heteroatoms. The summed E-state index contributed by atoms with van der Waals surface area (Å²) in [6.07, 6.45) is 0. The topological polar surface area (TPSA) is 50.8 Å². The number of ether oxygens (including phenoxy) is 2. The molecular weight excluding hydrogens is 336 g/mol. The van der Waals surface area contributed by atoms with Gasteiger partial charge in [-0.05, 0) is 36.8 Å². The van der Waals surface area contributed by atoms with Gasteiger partial charge in [0.2, 0.25) is 0 Å². The fraction of sp³-hybridized carbons (Fsp3) is 0.316. The van der Waals surface area contributed by atoms with Crippen LogP contribution < -0.4 is 14.8 Å².